The first-order valence-corrected chi connectivity index (χ1v) is 8.12. The fourth-order valence-corrected chi connectivity index (χ4v) is 2.38. The fraction of sp³-hybridized carbons (Fsp3) is 0.263. The van der Waals surface area contributed by atoms with Gasteiger partial charge in [-0.15, -0.1) is 12.4 Å². The molecule has 7 nitrogen and oxygen atoms in total. The molecule has 1 unspecified atom stereocenters. The van der Waals surface area contributed by atoms with E-state index in [4.69, 9.17) is 25.7 Å². The molecule has 0 bridgehead atoms. The number of aliphatic hydroxyl groups excluding tert-OH is 1. The lowest BCUT2D eigenvalue weighted by molar-refractivity contribution is -0.131. The Labute approximate surface area is 164 Å². The lowest BCUT2D eigenvalue weighted by atomic mass is 10.1. The van der Waals surface area contributed by atoms with E-state index < -0.39 is 6.10 Å². The molecule has 2 aromatic carbocycles. The highest BCUT2D eigenvalue weighted by Gasteiger charge is 2.19. The summed E-state index contributed by atoms with van der Waals surface area (Å²) in [6.45, 7) is 0.503. The largest absolute Gasteiger partial charge is 0.491 e. The normalized spacial score (nSPS) is 11.2. The molecular formula is C19H24ClN3O4. The second kappa shape index (κ2) is 11.2. The number of benzene rings is 2. The van der Waals surface area contributed by atoms with Crippen LogP contribution in [-0.4, -0.2) is 37.2 Å². The summed E-state index contributed by atoms with van der Waals surface area (Å²) >= 11 is 0. The molecule has 5 N–H and O–H groups in total. The first kappa shape index (κ1) is 22.4. The Bertz CT molecular complexity index is 736. The monoisotopic (exact) mass is 393 g/mol. The number of rotatable bonds is 9. The Morgan fingerprint density at radius 3 is 2.33 bits per heavy atom. The molecule has 2 aromatic rings. The number of amides is 1. The molecule has 0 fully saturated rings. The van der Waals surface area contributed by atoms with Crippen molar-refractivity contribution in [1.82, 2.24) is 5.32 Å². The predicted molar refractivity (Wildman–Crippen MR) is 105 cm³/mol. The number of nitrogen functional groups attached to an aromatic ring is 1. The summed E-state index contributed by atoms with van der Waals surface area (Å²) in [5.41, 5.74) is 7.66. The molecule has 0 aromatic heterocycles. The number of amidine groups is 1. The molecular weight excluding hydrogens is 370 g/mol. The smallest absolute Gasteiger partial charge is 0.254 e. The van der Waals surface area contributed by atoms with Crippen molar-refractivity contribution in [2.45, 2.75) is 12.6 Å². The molecule has 1 atom stereocenters. The quantitative estimate of drug-likeness (QED) is 0.382. The summed E-state index contributed by atoms with van der Waals surface area (Å²) in [5, 5.41) is 19.0. The van der Waals surface area contributed by atoms with Crippen molar-refractivity contribution in [3.05, 3.63) is 65.2 Å². The van der Waals surface area contributed by atoms with Crippen LogP contribution in [0.5, 0.6) is 5.75 Å². The number of carbonyl (C=O) groups is 1. The average molecular weight is 394 g/mol. The molecule has 146 valence electrons. The molecule has 0 saturated carbocycles. The van der Waals surface area contributed by atoms with Crippen LogP contribution in [0.3, 0.4) is 0 Å². The predicted octanol–water partition coefficient (Wildman–Crippen LogP) is 1.77. The molecule has 27 heavy (non-hydrogen) atoms. The molecule has 0 radical (unpaired) electrons. The number of nitrogens with two attached hydrogens (primary N) is 1. The maximum absolute atomic E-state index is 12.4. The number of aliphatic hydroxyl groups is 1. The van der Waals surface area contributed by atoms with Gasteiger partial charge in [0.05, 0.1) is 6.61 Å². The van der Waals surface area contributed by atoms with Gasteiger partial charge in [0.25, 0.3) is 5.91 Å². The van der Waals surface area contributed by atoms with Gasteiger partial charge in [-0.3, -0.25) is 10.2 Å². The van der Waals surface area contributed by atoms with Gasteiger partial charge in [-0.2, -0.15) is 0 Å². The van der Waals surface area contributed by atoms with Gasteiger partial charge in [0, 0.05) is 19.2 Å². The highest BCUT2D eigenvalue weighted by molar-refractivity contribution is 5.94. The molecule has 0 saturated heterocycles. The van der Waals surface area contributed by atoms with Crippen LogP contribution in [0.1, 0.15) is 22.8 Å². The van der Waals surface area contributed by atoms with Crippen LogP contribution in [0, 0.1) is 5.41 Å². The minimum Gasteiger partial charge on any atom is -0.491 e. The first-order chi connectivity index (χ1) is 12.5. The van der Waals surface area contributed by atoms with E-state index in [1.54, 1.807) is 36.4 Å². The first-order valence-electron chi connectivity index (χ1n) is 8.12. The van der Waals surface area contributed by atoms with Gasteiger partial charge in [0.15, 0.2) is 6.10 Å². The van der Waals surface area contributed by atoms with Gasteiger partial charge in [0.1, 0.15) is 18.2 Å². The van der Waals surface area contributed by atoms with E-state index in [-0.39, 0.29) is 37.4 Å². The van der Waals surface area contributed by atoms with Gasteiger partial charge in [-0.1, -0.05) is 36.4 Å². The van der Waals surface area contributed by atoms with Crippen LogP contribution in [0.4, 0.5) is 0 Å². The summed E-state index contributed by atoms with van der Waals surface area (Å²) in [4.78, 5) is 12.4. The van der Waals surface area contributed by atoms with Crippen molar-refractivity contribution in [3.8, 4) is 5.75 Å². The third-order valence-corrected chi connectivity index (χ3v) is 3.75. The van der Waals surface area contributed by atoms with Crippen molar-refractivity contribution in [2.75, 3.05) is 20.3 Å². The topological polar surface area (TPSA) is 118 Å². The van der Waals surface area contributed by atoms with E-state index in [1.165, 1.54) is 7.11 Å². The number of methoxy groups -OCH3 is 1. The van der Waals surface area contributed by atoms with E-state index >= 15 is 0 Å². The highest BCUT2D eigenvalue weighted by Crippen LogP contribution is 2.20. The molecule has 0 aliphatic heterocycles. The molecule has 1 amide bonds. The van der Waals surface area contributed by atoms with Crippen molar-refractivity contribution in [1.29, 1.82) is 5.41 Å². The molecule has 0 aliphatic rings. The van der Waals surface area contributed by atoms with Crippen LogP contribution in [0.15, 0.2) is 48.5 Å². The number of ether oxygens (including phenoxy) is 2. The Hall–Kier alpha value is -2.61. The minimum atomic E-state index is -0.738. The minimum absolute atomic E-state index is 0. The van der Waals surface area contributed by atoms with E-state index in [2.05, 4.69) is 5.32 Å². The van der Waals surface area contributed by atoms with Crippen molar-refractivity contribution in [2.24, 2.45) is 5.73 Å². The van der Waals surface area contributed by atoms with Gasteiger partial charge < -0.3 is 25.6 Å². The van der Waals surface area contributed by atoms with Crippen molar-refractivity contribution in [3.63, 3.8) is 0 Å². The molecule has 0 aliphatic carbocycles. The van der Waals surface area contributed by atoms with Gasteiger partial charge in [-0.05, 0) is 23.3 Å². The number of hydrogen-bond acceptors (Lipinski definition) is 5. The third kappa shape index (κ3) is 6.56. The summed E-state index contributed by atoms with van der Waals surface area (Å²) in [6, 6.07) is 14.1. The number of carbonyl (C=O) groups excluding carboxylic acids is 1. The van der Waals surface area contributed by atoms with E-state index in [9.17, 15) is 4.79 Å². The van der Waals surface area contributed by atoms with Crippen LogP contribution >= 0.6 is 12.4 Å². The van der Waals surface area contributed by atoms with Crippen LogP contribution in [0.25, 0.3) is 0 Å². The summed E-state index contributed by atoms with van der Waals surface area (Å²) in [7, 11) is 1.47. The maximum Gasteiger partial charge on any atom is 0.254 e. The van der Waals surface area contributed by atoms with Crippen molar-refractivity contribution < 1.29 is 19.4 Å². The van der Waals surface area contributed by atoms with E-state index in [0.29, 0.717) is 23.4 Å². The van der Waals surface area contributed by atoms with Crippen LogP contribution in [0.2, 0.25) is 0 Å². The maximum atomic E-state index is 12.4. The standard InChI is InChI=1S/C19H23N3O4.ClH/c1-25-17(14-6-8-16(9-7-14)26-11-10-23)19(24)22-12-13-2-4-15(5-3-13)18(20)21;/h2-9,17,23H,10-12H2,1H3,(H3,20,21)(H,22,24);1H. The Morgan fingerprint density at radius 2 is 1.81 bits per heavy atom. The number of hydrogen-bond donors (Lipinski definition) is 4. The summed E-state index contributed by atoms with van der Waals surface area (Å²) < 4.78 is 10.6. The SMILES string of the molecule is COC(C(=O)NCc1ccc(C(=N)N)cc1)c1ccc(OCCO)cc1.Cl. The summed E-state index contributed by atoms with van der Waals surface area (Å²) in [6.07, 6.45) is -0.738. The molecule has 2 rings (SSSR count). The van der Waals surface area contributed by atoms with Crippen LogP contribution < -0.4 is 15.8 Å². The van der Waals surface area contributed by atoms with E-state index in [0.717, 1.165) is 5.56 Å². The second-order valence-corrected chi connectivity index (χ2v) is 5.59. The molecule has 0 heterocycles. The number of halogens is 1. The third-order valence-electron chi connectivity index (χ3n) is 3.75. The Morgan fingerprint density at radius 1 is 1.19 bits per heavy atom. The lowest BCUT2D eigenvalue weighted by Gasteiger charge is -2.16. The summed E-state index contributed by atoms with van der Waals surface area (Å²) in [5.74, 6) is 0.363. The zero-order valence-electron chi connectivity index (χ0n) is 15.0. The van der Waals surface area contributed by atoms with Crippen molar-refractivity contribution >= 4 is 24.1 Å². The van der Waals surface area contributed by atoms with E-state index in [1.807, 2.05) is 12.1 Å². The Balaban J connectivity index is 0.00000364. The fourth-order valence-electron chi connectivity index (χ4n) is 2.38. The second-order valence-electron chi connectivity index (χ2n) is 5.59. The van der Waals surface area contributed by atoms with Gasteiger partial charge in [-0.25, -0.2) is 0 Å². The average Bonchev–Trinajstić information content (AvgIpc) is 2.66. The number of nitrogens with one attached hydrogen (secondary N) is 2. The zero-order chi connectivity index (χ0) is 18.9. The van der Waals surface area contributed by atoms with Crippen LogP contribution in [-0.2, 0) is 16.1 Å². The highest BCUT2D eigenvalue weighted by atomic mass is 35.5. The lowest BCUT2D eigenvalue weighted by Crippen LogP contribution is -2.30. The van der Waals surface area contributed by atoms with Gasteiger partial charge >= 0.3 is 0 Å². The zero-order valence-corrected chi connectivity index (χ0v) is 15.8. The Kier molecular flexibility index (Phi) is 9.29. The van der Waals surface area contributed by atoms with Gasteiger partial charge in [0.2, 0.25) is 0 Å². The molecule has 0 spiro atoms. The molecule has 8 heteroatoms.